The molecule has 0 spiro atoms. The Bertz CT molecular complexity index is 688. The summed E-state index contributed by atoms with van der Waals surface area (Å²) in [6.45, 7) is 12.4. The number of aromatic hydroxyl groups is 1. The highest BCUT2D eigenvalue weighted by molar-refractivity contribution is 5.69. The van der Waals surface area contributed by atoms with Gasteiger partial charge in [-0.2, -0.15) is 0 Å². The molecule has 1 aromatic carbocycles. The second-order valence-electron chi connectivity index (χ2n) is 7.11. The first kappa shape index (κ1) is 16.3. The Balaban J connectivity index is 2.47. The summed E-state index contributed by atoms with van der Waals surface area (Å²) in [4.78, 5) is 0. The number of phenolic OH excluding ortho intramolecular Hbond substituents is 1. The number of nitrogens with zero attached hydrogens (tertiary/aromatic N) is 1. The Hall–Kier alpha value is -2.03. The van der Waals surface area contributed by atoms with Gasteiger partial charge in [0.2, 0.25) is 0 Å². The molecule has 1 N–H and O–H groups in total. The molecule has 0 radical (unpaired) electrons. The van der Waals surface area contributed by atoms with Crippen molar-refractivity contribution in [1.29, 1.82) is 0 Å². The zero-order chi connectivity index (χ0) is 16.5. The molecule has 0 saturated carbocycles. The van der Waals surface area contributed by atoms with Gasteiger partial charge in [0.1, 0.15) is 5.75 Å². The Labute approximate surface area is 132 Å². The number of rotatable bonds is 3. The lowest BCUT2D eigenvalue weighted by Gasteiger charge is -2.24. The van der Waals surface area contributed by atoms with Crippen LogP contribution in [0.2, 0.25) is 0 Å². The second kappa shape index (κ2) is 5.99. The molecule has 3 heteroatoms. The van der Waals surface area contributed by atoms with E-state index in [0.717, 1.165) is 28.1 Å². The van der Waals surface area contributed by atoms with Crippen LogP contribution in [0, 0.1) is 6.92 Å². The van der Waals surface area contributed by atoms with E-state index in [1.807, 2.05) is 37.3 Å². The summed E-state index contributed by atoms with van der Waals surface area (Å²) < 4.78 is 5.20. The van der Waals surface area contributed by atoms with Gasteiger partial charge in [0.25, 0.3) is 0 Å². The standard InChI is InChI=1S/C19H25NO2/c1-12(2)16-10-14(7-8-15-9-13(3)20-22-15)11-17(18(16)21)19(4,5)6/h7-12,21H,1-6H3/b8-7-. The first-order chi connectivity index (χ1) is 10.2. The molecule has 0 atom stereocenters. The van der Waals surface area contributed by atoms with Crippen molar-refractivity contribution < 1.29 is 9.63 Å². The minimum Gasteiger partial charge on any atom is -0.507 e. The van der Waals surface area contributed by atoms with Crippen LogP contribution in [0.1, 0.15) is 68.7 Å². The fraction of sp³-hybridized carbons (Fsp3) is 0.421. The van der Waals surface area contributed by atoms with E-state index in [-0.39, 0.29) is 11.3 Å². The van der Waals surface area contributed by atoms with E-state index >= 15 is 0 Å². The summed E-state index contributed by atoms with van der Waals surface area (Å²) in [6, 6.07) is 5.97. The number of hydrogen-bond donors (Lipinski definition) is 1. The summed E-state index contributed by atoms with van der Waals surface area (Å²) >= 11 is 0. The van der Waals surface area contributed by atoms with E-state index in [2.05, 4.69) is 39.8 Å². The van der Waals surface area contributed by atoms with Gasteiger partial charge in [-0.25, -0.2) is 0 Å². The van der Waals surface area contributed by atoms with Crippen LogP contribution in [0.5, 0.6) is 5.75 Å². The van der Waals surface area contributed by atoms with Crippen LogP contribution in [-0.2, 0) is 5.41 Å². The molecule has 22 heavy (non-hydrogen) atoms. The molecule has 0 fully saturated rings. The molecule has 2 rings (SSSR count). The lowest BCUT2D eigenvalue weighted by atomic mass is 9.82. The van der Waals surface area contributed by atoms with E-state index in [1.165, 1.54) is 0 Å². The van der Waals surface area contributed by atoms with Crippen molar-refractivity contribution in [1.82, 2.24) is 5.16 Å². The van der Waals surface area contributed by atoms with Gasteiger partial charge in [-0.1, -0.05) is 45.9 Å². The third kappa shape index (κ3) is 3.59. The molecule has 0 amide bonds. The van der Waals surface area contributed by atoms with Gasteiger partial charge in [-0.05, 0) is 47.6 Å². The highest BCUT2D eigenvalue weighted by Gasteiger charge is 2.21. The molecule has 2 aromatic rings. The molecule has 0 saturated heterocycles. The molecule has 1 aromatic heterocycles. The normalized spacial score (nSPS) is 12.5. The largest absolute Gasteiger partial charge is 0.507 e. The topological polar surface area (TPSA) is 46.3 Å². The predicted molar refractivity (Wildman–Crippen MR) is 91.1 cm³/mol. The van der Waals surface area contributed by atoms with E-state index < -0.39 is 0 Å². The predicted octanol–water partition coefficient (Wildman–Crippen LogP) is 5.28. The number of phenols is 1. The summed E-state index contributed by atoms with van der Waals surface area (Å²) in [7, 11) is 0. The van der Waals surface area contributed by atoms with Crippen molar-refractivity contribution in [3.05, 3.63) is 46.3 Å². The van der Waals surface area contributed by atoms with Crippen LogP contribution >= 0.6 is 0 Å². The Morgan fingerprint density at radius 1 is 1.14 bits per heavy atom. The number of aromatic nitrogens is 1. The Morgan fingerprint density at radius 2 is 1.82 bits per heavy atom. The maximum Gasteiger partial charge on any atom is 0.159 e. The molecule has 118 valence electrons. The minimum atomic E-state index is -0.111. The fourth-order valence-electron chi connectivity index (χ4n) is 2.43. The third-order valence-electron chi connectivity index (χ3n) is 3.68. The smallest absolute Gasteiger partial charge is 0.159 e. The Morgan fingerprint density at radius 3 is 2.32 bits per heavy atom. The maximum absolute atomic E-state index is 10.6. The first-order valence-electron chi connectivity index (χ1n) is 7.67. The monoisotopic (exact) mass is 299 g/mol. The molecule has 0 aliphatic heterocycles. The van der Waals surface area contributed by atoms with E-state index in [9.17, 15) is 5.11 Å². The zero-order valence-corrected chi connectivity index (χ0v) is 14.3. The number of benzene rings is 1. The Kier molecular flexibility index (Phi) is 4.45. The minimum absolute atomic E-state index is 0.111. The van der Waals surface area contributed by atoms with Crippen LogP contribution in [0.25, 0.3) is 12.2 Å². The summed E-state index contributed by atoms with van der Waals surface area (Å²) in [5.74, 6) is 1.41. The van der Waals surface area contributed by atoms with Crippen LogP contribution in [-0.4, -0.2) is 10.3 Å². The fourth-order valence-corrected chi connectivity index (χ4v) is 2.43. The second-order valence-corrected chi connectivity index (χ2v) is 7.11. The van der Waals surface area contributed by atoms with Crippen LogP contribution in [0.4, 0.5) is 0 Å². The highest BCUT2D eigenvalue weighted by atomic mass is 16.5. The number of hydrogen-bond acceptors (Lipinski definition) is 3. The molecule has 0 bridgehead atoms. The highest BCUT2D eigenvalue weighted by Crippen LogP contribution is 2.37. The lowest BCUT2D eigenvalue weighted by Crippen LogP contribution is -2.12. The van der Waals surface area contributed by atoms with Crippen molar-refractivity contribution in [3.63, 3.8) is 0 Å². The molecular weight excluding hydrogens is 274 g/mol. The van der Waals surface area contributed by atoms with Crippen LogP contribution in [0.3, 0.4) is 0 Å². The van der Waals surface area contributed by atoms with Crippen molar-refractivity contribution in [2.75, 3.05) is 0 Å². The zero-order valence-electron chi connectivity index (χ0n) is 14.3. The molecule has 3 nitrogen and oxygen atoms in total. The van der Waals surface area contributed by atoms with E-state index in [0.29, 0.717) is 5.75 Å². The molecule has 0 aliphatic rings. The van der Waals surface area contributed by atoms with Gasteiger partial charge in [-0.3, -0.25) is 0 Å². The van der Waals surface area contributed by atoms with Crippen LogP contribution < -0.4 is 0 Å². The van der Waals surface area contributed by atoms with Crippen molar-refractivity contribution >= 4 is 12.2 Å². The molecule has 0 unspecified atom stereocenters. The van der Waals surface area contributed by atoms with Crippen LogP contribution in [0.15, 0.2) is 22.7 Å². The third-order valence-corrected chi connectivity index (χ3v) is 3.68. The van der Waals surface area contributed by atoms with Gasteiger partial charge < -0.3 is 9.63 Å². The maximum atomic E-state index is 10.6. The molecule has 1 heterocycles. The van der Waals surface area contributed by atoms with Gasteiger partial charge in [0.05, 0.1) is 5.69 Å². The summed E-state index contributed by atoms with van der Waals surface area (Å²) in [5.41, 5.74) is 3.75. The van der Waals surface area contributed by atoms with Gasteiger partial charge in [0.15, 0.2) is 5.76 Å². The van der Waals surface area contributed by atoms with Crippen molar-refractivity contribution in [2.24, 2.45) is 0 Å². The lowest BCUT2D eigenvalue weighted by molar-refractivity contribution is 0.408. The molecular formula is C19H25NO2. The quantitative estimate of drug-likeness (QED) is 0.838. The first-order valence-corrected chi connectivity index (χ1v) is 7.67. The van der Waals surface area contributed by atoms with E-state index in [1.54, 1.807) is 0 Å². The average Bonchev–Trinajstić information content (AvgIpc) is 2.81. The SMILES string of the molecule is Cc1cc(/C=C\c2cc(C(C)C)c(O)c(C(C)(C)C)c2)on1. The van der Waals surface area contributed by atoms with Crippen molar-refractivity contribution in [2.45, 2.75) is 52.9 Å². The van der Waals surface area contributed by atoms with E-state index in [4.69, 9.17) is 4.52 Å². The van der Waals surface area contributed by atoms with Crippen molar-refractivity contribution in [3.8, 4) is 5.75 Å². The number of aryl methyl sites for hydroxylation is 1. The molecule has 0 aliphatic carbocycles. The summed E-state index contributed by atoms with van der Waals surface area (Å²) in [6.07, 6.45) is 3.91. The average molecular weight is 299 g/mol. The van der Waals surface area contributed by atoms with Gasteiger partial charge >= 0.3 is 0 Å². The summed E-state index contributed by atoms with van der Waals surface area (Å²) in [5, 5.41) is 14.4. The van der Waals surface area contributed by atoms with Gasteiger partial charge in [-0.15, -0.1) is 0 Å². The van der Waals surface area contributed by atoms with Gasteiger partial charge in [0, 0.05) is 11.6 Å².